The third-order valence-electron chi connectivity index (χ3n) is 10.6. The fourth-order valence-corrected chi connectivity index (χ4v) is 8.06. The van der Waals surface area contributed by atoms with Crippen LogP contribution < -0.4 is 4.90 Å². The van der Waals surface area contributed by atoms with Crippen LogP contribution in [0.25, 0.3) is 72.1 Å². The molecule has 0 spiro atoms. The first kappa shape index (κ1) is 33.1. The topological polar surface area (TPSA) is 21.1 Å². The van der Waals surface area contributed by atoms with Crippen molar-refractivity contribution in [1.29, 1.82) is 0 Å². The molecular formula is C53H37N3. The van der Waals surface area contributed by atoms with E-state index in [9.17, 15) is 0 Å². The number of pyridine rings is 1. The van der Waals surface area contributed by atoms with Crippen LogP contribution in [0.2, 0.25) is 0 Å². The Hall–Kier alpha value is -7.49. The summed E-state index contributed by atoms with van der Waals surface area (Å²) in [5.41, 5.74) is 17.0. The summed E-state index contributed by atoms with van der Waals surface area (Å²) in [6, 6.07) is 78.2. The van der Waals surface area contributed by atoms with Crippen molar-refractivity contribution in [2.75, 3.05) is 4.90 Å². The van der Waals surface area contributed by atoms with Gasteiger partial charge < -0.3 is 9.47 Å². The van der Waals surface area contributed by atoms with Gasteiger partial charge in [0.1, 0.15) is 0 Å². The minimum absolute atomic E-state index is 1.01. The Morgan fingerprint density at radius 1 is 0.357 bits per heavy atom. The van der Waals surface area contributed by atoms with Gasteiger partial charge in [-0.05, 0) is 111 Å². The lowest BCUT2D eigenvalue weighted by atomic mass is 9.86. The minimum atomic E-state index is 1.01. The normalized spacial score (nSPS) is 11.2. The number of hydrogen-bond donors (Lipinski definition) is 0. The molecule has 0 bridgehead atoms. The van der Waals surface area contributed by atoms with Gasteiger partial charge >= 0.3 is 0 Å². The molecule has 3 heteroatoms. The number of fused-ring (bicyclic) bond motifs is 3. The number of para-hydroxylation sites is 1. The summed E-state index contributed by atoms with van der Waals surface area (Å²) in [6.45, 7) is 0. The van der Waals surface area contributed by atoms with E-state index in [1.165, 1.54) is 44.5 Å². The lowest BCUT2D eigenvalue weighted by molar-refractivity contribution is 1.17. The van der Waals surface area contributed by atoms with Crippen LogP contribution in [0.3, 0.4) is 0 Å². The van der Waals surface area contributed by atoms with Crippen LogP contribution in [-0.4, -0.2) is 9.55 Å². The molecule has 2 aromatic heterocycles. The van der Waals surface area contributed by atoms with Crippen molar-refractivity contribution in [3.8, 4) is 50.2 Å². The van der Waals surface area contributed by atoms with Gasteiger partial charge in [0.2, 0.25) is 0 Å². The minimum Gasteiger partial charge on any atom is -0.310 e. The Morgan fingerprint density at radius 3 is 1.41 bits per heavy atom. The molecule has 0 N–H and O–H groups in total. The van der Waals surface area contributed by atoms with Crippen LogP contribution in [0.15, 0.2) is 225 Å². The average Bonchev–Trinajstić information content (AvgIpc) is 3.62. The summed E-state index contributed by atoms with van der Waals surface area (Å²) >= 11 is 0. The molecule has 0 aliphatic carbocycles. The highest BCUT2D eigenvalue weighted by atomic mass is 15.1. The van der Waals surface area contributed by atoms with Crippen molar-refractivity contribution < 1.29 is 0 Å². The van der Waals surface area contributed by atoms with Gasteiger partial charge in [0.25, 0.3) is 0 Å². The van der Waals surface area contributed by atoms with E-state index < -0.39 is 0 Å². The molecule has 0 saturated heterocycles. The van der Waals surface area contributed by atoms with Gasteiger partial charge in [0.15, 0.2) is 0 Å². The maximum absolute atomic E-state index is 4.78. The molecular weight excluding hydrogens is 679 g/mol. The molecule has 0 saturated carbocycles. The molecule has 0 fully saturated rings. The van der Waals surface area contributed by atoms with Crippen LogP contribution in [0.1, 0.15) is 0 Å². The van der Waals surface area contributed by atoms with Crippen LogP contribution in [0.4, 0.5) is 17.1 Å². The summed E-state index contributed by atoms with van der Waals surface area (Å²) in [7, 11) is 0. The van der Waals surface area contributed by atoms with Crippen molar-refractivity contribution in [2.45, 2.75) is 0 Å². The zero-order valence-electron chi connectivity index (χ0n) is 30.7. The average molecular weight is 716 g/mol. The molecule has 264 valence electrons. The number of benzene rings is 8. The van der Waals surface area contributed by atoms with Crippen LogP contribution >= 0.6 is 0 Å². The van der Waals surface area contributed by atoms with E-state index in [0.29, 0.717) is 0 Å². The first-order chi connectivity index (χ1) is 27.8. The standard InChI is InChI=1S/C53H37N3/c1-5-16-38(17-6-1)39-27-29-43(30-28-39)55(44-31-33-45(34-32-44)56-50-25-14-13-24-47(50)53-51(56)26-15-35-54-53)46-36-48(40-18-7-2-8-19-40)52(42-22-11-4-12-23-42)49(37-46)41-20-9-3-10-21-41/h1-37H. The molecule has 2 heterocycles. The highest BCUT2D eigenvalue weighted by Gasteiger charge is 2.21. The molecule has 56 heavy (non-hydrogen) atoms. The van der Waals surface area contributed by atoms with Crippen molar-refractivity contribution >= 4 is 39.0 Å². The number of rotatable bonds is 8. The van der Waals surface area contributed by atoms with Gasteiger partial charge in [-0.2, -0.15) is 0 Å². The van der Waals surface area contributed by atoms with Gasteiger partial charge in [0.05, 0.1) is 16.6 Å². The second-order valence-electron chi connectivity index (χ2n) is 14.0. The highest BCUT2D eigenvalue weighted by molar-refractivity contribution is 6.07. The lowest BCUT2D eigenvalue weighted by Gasteiger charge is -2.29. The quantitative estimate of drug-likeness (QED) is 0.156. The predicted octanol–water partition coefficient (Wildman–Crippen LogP) is 14.3. The number of aromatic nitrogens is 2. The van der Waals surface area contributed by atoms with Gasteiger partial charge in [-0.25, -0.2) is 0 Å². The first-order valence-electron chi connectivity index (χ1n) is 19.0. The fourth-order valence-electron chi connectivity index (χ4n) is 8.06. The van der Waals surface area contributed by atoms with Crippen molar-refractivity contribution in [3.05, 3.63) is 225 Å². The number of anilines is 3. The van der Waals surface area contributed by atoms with Gasteiger partial charge in [-0.15, -0.1) is 0 Å². The van der Waals surface area contributed by atoms with Crippen LogP contribution in [0, 0.1) is 0 Å². The summed E-state index contributed by atoms with van der Waals surface area (Å²) < 4.78 is 2.32. The Labute approximate surface area is 327 Å². The molecule has 3 nitrogen and oxygen atoms in total. The Balaban J connectivity index is 1.20. The molecule has 10 rings (SSSR count). The monoisotopic (exact) mass is 715 g/mol. The summed E-state index contributed by atoms with van der Waals surface area (Å²) in [5, 5.41) is 1.15. The molecule has 0 radical (unpaired) electrons. The van der Waals surface area contributed by atoms with Gasteiger partial charge in [-0.3, -0.25) is 4.98 Å². The summed E-state index contributed by atoms with van der Waals surface area (Å²) in [5.74, 6) is 0. The summed E-state index contributed by atoms with van der Waals surface area (Å²) in [4.78, 5) is 7.16. The maximum atomic E-state index is 4.78. The maximum Gasteiger partial charge on any atom is 0.0963 e. The molecule has 0 unspecified atom stereocenters. The van der Waals surface area contributed by atoms with E-state index >= 15 is 0 Å². The largest absolute Gasteiger partial charge is 0.310 e. The predicted molar refractivity (Wildman–Crippen MR) is 235 cm³/mol. The van der Waals surface area contributed by atoms with Crippen molar-refractivity contribution in [3.63, 3.8) is 0 Å². The fraction of sp³-hybridized carbons (Fsp3) is 0. The highest BCUT2D eigenvalue weighted by Crippen LogP contribution is 2.46. The molecule has 8 aromatic carbocycles. The first-order valence-corrected chi connectivity index (χ1v) is 19.0. The van der Waals surface area contributed by atoms with Gasteiger partial charge in [-0.1, -0.05) is 152 Å². The SMILES string of the molecule is c1ccc(-c2ccc(N(c3ccc(-n4c5ccccc5c5ncccc54)cc3)c3cc(-c4ccccc4)c(-c4ccccc4)c(-c4ccccc4)c3)cc2)cc1. The van der Waals surface area contributed by atoms with E-state index in [4.69, 9.17) is 4.98 Å². The lowest BCUT2D eigenvalue weighted by Crippen LogP contribution is -2.11. The Bertz CT molecular complexity index is 2800. The third kappa shape index (κ3) is 6.02. The summed E-state index contributed by atoms with van der Waals surface area (Å²) in [6.07, 6.45) is 1.87. The van der Waals surface area contributed by atoms with Crippen LogP contribution in [0.5, 0.6) is 0 Å². The molecule has 10 aromatic rings. The Morgan fingerprint density at radius 2 is 0.821 bits per heavy atom. The zero-order valence-corrected chi connectivity index (χ0v) is 30.7. The Kier molecular flexibility index (Phi) is 8.51. The molecule has 0 aliphatic rings. The van der Waals surface area contributed by atoms with Crippen molar-refractivity contribution in [1.82, 2.24) is 9.55 Å². The molecule has 0 aliphatic heterocycles. The number of hydrogen-bond acceptors (Lipinski definition) is 2. The van der Waals surface area contributed by atoms with Crippen LogP contribution in [-0.2, 0) is 0 Å². The van der Waals surface area contributed by atoms with Gasteiger partial charge in [0, 0.05) is 34.3 Å². The van der Waals surface area contributed by atoms with E-state index in [-0.39, 0.29) is 0 Å². The van der Waals surface area contributed by atoms with E-state index in [0.717, 1.165) is 44.7 Å². The molecule has 0 amide bonds. The molecule has 0 atom stereocenters. The second-order valence-corrected chi connectivity index (χ2v) is 14.0. The smallest absolute Gasteiger partial charge is 0.0963 e. The van der Waals surface area contributed by atoms with E-state index in [1.54, 1.807) is 0 Å². The van der Waals surface area contributed by atoms with E-state index in [1.807, 2.05) is 12.3 Å². The zero-order chi connectivity index (χ0) is 37.3. The van der Waals surface area contributed by atoms with Crippen molar-refractivity contribution in [2.24, 2.45) is 0 Å². The second kappa shape index (κ2) is 14.4. The van der Waals surface area contributed by atoms with E-state index in [2.05, 4.69) is 222 Å². The third-order valence-corrected chi connectivity index (χ3v) is 10.6. The number of nitrogens with zero attached hydrogens (tertiary/aromatic N) is 3.